The Kier molecular flexibility index (Phi) is 3.92. The van der Waals surface area contributed by atoms with Crippen molar-refractivity contribution in [2.75, 3.05) is 26.3 Å². The van der Waals surface area contributed by atoms with Crippen molar-refractivity contribution in [3.05, 3.63) is 12.2 Å². The van der Waals surface area contributed by atoms with E-state index in [1.165, 1.54) is 6.08 Å². The van der Waals surface area contributed by atoms with Crippen LogP contribution in [-0.4, -0.2) is 48.3 Å². The summed E-state index contributed by atoms with van der Waals surface area (Å²) >= 11 is 0. The summed E-state index contributed by atoms with van der Waals surface area (Å²) in [5.74, 6) is -0.888. The summed E-state index contributed by atoms with van der Waals surface area (Å²) in [6.45, 7) is 5.13. The van der Waals surface area contributed by atoms with Crippen LogP contribution in [0.2, 0.25) is 0 Å². The van der Waals surface area contributed by atoms with Gasteiger partial charge in [-0.2, -0.15) is 0 Å². The number of carboxylic acid groups (broad SMARTS) is 1. The number of carbonyl (C=O) groups is 1. The number of ether oxygens (including phenoxy) is 1. The number of hydrogen-bond donors (Lipinski definition) is 1. The van der Waals surface area contributed by atoms with Crippen LogP contribution in [0.3, 0.4) is 0 Å². The SMILES string of the molecule is CC1COCCN1C/C=C/C(=O)O. The second-order valence-corrected chi connectivity index (χ2v) is 3.16. The fourth-order valence-corrected chi connectivity index (χ4v) is 1.32. The highest BCUT2D eigenvalue weighted by atomic mass is 16.5. The number of nitrogens with zero attached hydrogens (tertiary/aromatic N) is 1. The molecule has 4 nitrogen and oxygen atoms in total. The molecule has 1 heterocycles. The summed E-state index contributed by atoms with van der Waals surface area (Å²) in [6, 6.07) is 0.382. The highest BCUT2D eigenvalue weighted by Gasteiger charge is 2.16. The standard InChI is InChI=1S/C9H15NO3/c1-8-7-13-6-5-10(8)4-2-3-9(11)12/h2-3,8H,4-7H2,1H3,(H,11,12)/b3-2+. The van der Waals surface area contributed by atoms with E-state index < -0.39 is 5.97 Å². The average molecular weight is 185 g/mol. The van der Waals surface area contributed by atoms with Crippen LogP contribution in [0.1, 0.15) is 6.92 Å². The molecule has 74 valence electrons. The van der Waals surface area contributed by atoms with Gasteiger partial charge >= 0.3 is 5.97 Å². The highest BCUT2D eigenvalue weighted by Crippen LogP contribution is 2.05. The molecule has 0 aromatic rings. The van der Waals surface area contributed by atoms with Gasteiger partial charge in [-0.05, 0) is 6.92 Å². The van der Waals surface area contributed by atoms with Crippen molar-refractivity contribution in [1.82, 2.24) is 4.90 Å². The zero-order valence-electron chi connectivity index (χ0n) is 7.77. The Labute approximate surface area is 77.8 Å². The van der Waals surface area contributed by atoms with Crippen LogP contribution in [0, 0.1) is 0 Å². The quantitative estimate of drug-likeness (QED) is 0.644. The maximum Gasteiger partial charge on any atom is 0.328 e. The van der Waals surface area contributed by atoms with Crippen LogP contribution in [0.4, 0.5) is 0 Å². The molecule has 1 unspecified atom stereocenters. The monoisotopic (exact) mass is 185 g/mol. The van der Waals surface area contributed by atoms with Gasteiger partial charge in [-0.25, -0.2) is 4.79 Å². The van der Waals surface area contributed by atoms with E-state index in [1.807, 2.05) is 0 Å². The molecule has 4 heteroatoms. The summed E-state index contributed by atoms with van der Waals surface area (Å²) in [6.07, 6.45) is 2.85. The maximum absolute atomic E-state index is 10.2. The lowest BCUT2D eigenvalue weighted by Gasteiger charge is -2.32. The van der Waals surface area contributed by atoms with Crippen molar-refractivity contribution < 1.29 is 14.6 Å². The smallest absolute Gasteiger partial charge is 0.328 e. The van der Waals surface area contributed by atoms with E-state index in [4.69, 9.17) is 9.84 Å². The fourth-order valence-electron chi connectivity index (χ4n) is 1.32. The second kappa shape index (κ2) is 4.99. The van der Waals surface area contributed by atoms with Crippen LogP contribution in [0.25, 0.3) is 0 Å². The Balaban J connectivity index is 2.30. The minimum atomic E-state index is -0.888. The molecule has 1 saturated heterocycles. The van der Waals surface area contributed by atoms with E-state index in [2.05, 4.69) is 11.8 Å². The van der Waals surface area contributed by atoms with Gasteiger partial charge < -0.3 is 9.84 Å². The molecule has 0 spiro atoms. The lowest BCUT2D eigenvalue weighted by molar-refractivity contribution is -0.131. The molecule has 1 N–H and O–H groups in total. The van der Waals surface area contributed by atoms with Gasteiger partial charge in [0.25, 0.3) is 0 Å². The Morgan fingerprint density at radius 3 is 3.15 bits per heavy atom. The number of carboxylic acids is 1. The Hall–Kier alpha value is -0.870. The van der Waals surface area contributed by atoms with Crippen molar-refractivity contribution in [3.8, 4) is 0 Å². The van der Waals surface area contributed by atoms with E-state index >= 15 is 0 Å². The zero-order valence-corrected chi connectivity index (χ0v) is 7.77. The Bertz CT molecular complexity index is 203. The predicted octanol–water partition coefficient (Wildman–Crippen LogP) is 0.348. The third kappa shape index (κ3) is 3.57. The van der Waals surface area contributed by atoms with Gasteiger partial charge in [0.1, 0.15) is 0 Å². The number of hydrogen-bond acceptors (Lipinski definition) is 3. The van der Waals surface area contributed by atoms with Crippen LogP contribution in [0.5, 0.6) is 0 Å². The van der Waals surface area contributed by atoms with Crippen LogP contribution >= 0.6 is 0 Å². The summed E-state index contributed by atoms with van der Waals surface area (Å²) in [5.41, 5.74) is 0. The summed E-state index contributed by atoms with van der Waals surface area (Å²) < 4.78 is 5.26. The third-order valence-electron chi connectivity index (χ3n) is 2.11. The van der Waals surface area contributed by atoms with E-state index in [0.29, 0.717) is 12.6 Å². The number of morpholine rings is 1. The van der Waals surface area contributed by atoms with E-state index in [0.717, 1.165) is 19.8 Å². The molecule has 0 saturated carbocycles. The predicted molar refractivity (Wildman–Crippen MR) is 48.6 cm³/mol. The van der Waals surface area contributed by atoms with Crippen molar-refractivity contribution >= 4 is 5.97 Å². The molecular weight excluding hydrogens is 170 g/mol. The van der Waals surface area contributed by atoms with Gasteiger partial charge in [-0.1, -0.05) is 6.08 Å². The zero-order chi connectivity index (χ0) is 9.68. The summed E-state index contributed by atoms with van der Waals surface area (Å²) in [4.78, 5) is 12.4. The first-order chi connectivity index (χ1) is 6.20. The first-order valence-corrected chi connectivity index (χ1v) is 4.41. The second-order valence-electron chi connectivity index (χ2n) is 3.16. The van der Waals surface area contributed by atoms with Gasteiger partial charge in [0.15, 0.2) is 0 Å². The highest BCUT2D eigenvalue weighted by molar-refractivity contribution is 5.79. The van der Waals surface area contributed by atoms with Gasteiger partial charge in [-0.15, -0.1) is 0 Å². The van der Waals surface area contributed by atoms with Gasteiger partial charge in [0.2, 0.25) is 0 Å². The molecule has 0 aromatic heterocycles. The van der Waals surface area contributed by atoms with Gasteiger partial charge in [-0.3, -0.25) is 4.90 Å². The largest absolute Gasteiger partial charge is 0.478 e. The van der Waals surface area contributed by atoms with Crippen molar-refractivity contribution in [1.29, 1.82) is 0 Å². The lowest BCUT2D eigenvalue weighted by Crippen LogP contribution is -2.43. The molecular formula is C9H15NO3. The van der Waals surface area contributed by atoms with E-state index in [9.17, 15) is 4.79 Å². The molecule has 0 aromatic carbocycles. The van der Waals surface area contributed by atoms with Gasteiger partial charge in [0.05, 0.1) is 13.2 Å². The normalized spacial score (nSPS) is 25.2. The summed E-state index contributed by atoms with van der Waals surface area (Å²) in [7, 11) is 0. The summed E-state index contributed by atoms with van der Waals surface area (Å²) in [5, 5.41) is 8.38. The molecule has 0 bridgehead atoms. The molecule has 1 atom stereocenters. The first kappa shape index (κ1) is 10.2. The fraction of sp³-hybridized carbons (Fsp3) is 0.667. The molecule has 0 aliphatic carbocycles. The molecule has 1 fully saturated rings. The number of rotatable bonds is 3. The maximum atomic E-state index is 10.2. The molecule has 1 aliphatic heterocycles. The first-order valence-electron chi connectivity index (χ1n) is 4.41. The molecule has 0 amide bonds. The topological polar surface area (TPSA) is 49.8 Å². The molecule has 13 heavy (non-hydrogen) atoms. The minimum absolute atomic E-state index is 0.382. The minimum Gasteiger partial charge on any atom is -0.478 e. The average Bonchev–Trinajstić information content (AvgIpc) is 2.08. The molecule has 1 aliphatic rings. The lowest BCUT2D eigenvalue weighted by atomic mass is 10.2. The van der Waals surface area contributed by atoms with E-state index in [1.54, 1.807) is 6.08 Å². The van der Waals surface area contributed by atoms with Crippen molar-refractivity contribution in [2.45, 2.75) is 13.0 Å². The number of aliphatic carboxylic acids is 1. The van der Waals surface area contributed by atoms with Gasteiger partial charge in [0, 0.05) is 25.2 Å². The Morgan fingerprint density at radius 1 is 1.77 bits per heavy atom. The van der Waals surface area contributed by atoms with E-state index in [-0.39, 0.29) is 0 Å². The molecule has 1 rings (SSSR count). The molecule has 0 radical (unpaired) electrons. The van der Waals surface area contributed by atoms with Crippen molar-refractivity contribution in [3.63, 3.8) is 0 Å². The van der Waals surface area contributed by atoms with Crippen LogP contribution in [-0.2, 0) is 9.53 Å². The van der Waals surface area contributed by atoms with Crippen LogP contribution < -0.4 is 0 Å². The van der Waals surface area contributed by atoms with Crippen LogP contribution in [0.15, 0.2) is 12.2 Å². The Morgan fingerprint density at radius 2 is 2.54 bits per heavy atom. The third-order valence-corrected chi connectivity index (χ3v) is 2.11. The van der Waals surface area contributed by atoms with Crippen molar-refractivity contribution in [2.24, 2.45) is 0 Å².